The van der Waals surface area contributed by atoms with Crippen molar-refractivity contribution < 1.29 is 17.9 Å². The fraction of sp³-hybridized carbons (Fsp3) is 0.414. The zero-order chi connectivity index (χ0) is 28.4. The van der Waals surface area contributed by atoms with E-state index in [-0.39, 0.29) is 17.4 Å². The minimum Gasteiger partial charge on any atom is -0.490 e. The Morgan fingerprint density at radius 3 is 2.30 bits per heavy atom. The van der Waals surface area contributed by atoms with Crippen LogP contribution in [-0.4, -0.2) is 38.3 Å². The number of rotatable bonds is 8. The maximum atomic E-state index is 13.1. The number of hydrogen-bond acceptors (Lipinski definition) is 5. The van der Waals surface area contributed by atoms with Gasteiger partial charge in [0.25, 0.3) is 5.56 Å². The number of anilines is 1. The van der Waals surface area contributed by atoms with Crippen LogP contribution in [0.3, 0.4) is 0 Å². The summed E-state index contributed by atoms with van der Waals surface area (Å²) in [7, 11) is 0. The van der Waals surface area contributed by atoms with Gasteiger partial charge in [0.1, 0.15) is 23.2 Å². The van der Waals surface area contributed by atoms with Gasteiger partial charge >= 0.3 is 11.9 Å². The third-order valence-corrected chi connectivity index (χ3v) is 7.17. The van der Waals surface area contributed by atoms with E-state index in [9.17, 15) is 22.8 Å². The predicted octanol–water partition coefficient (Wildman–Crippen LogP) is 5.44. The van der Waals surface area contributed by atoms with Crippen LogP contribution < -0.4 is 20.9 Å². The summed E-state index contributed by atoms with van der Waals surface area (Å²) in [6, 6.07) is 12.8. The Bertz CT molecular complexity index is 1600. The lowest BCUT2D eigenvalue weighted by Crippen LogP contribution is -2.40. The molecule has 0 unspecified atom stereocenters. The fourth-order valence-corrected chi connectivity index (χ4v) is 5.14. The Balaban J connectivity index is 1.28. The number of nitrogens with zero attached hydrogens (tertiary/aromatic N) is 4. The maximum Gasteiger partial charge on any atom is 0.416 e. The molecule has 1 fully saturated rings. The van der Waals surface area contributed by atoms with Gasteiger partial charge in [0.2, 0.25) is 0 Å². The molecule has 212 valence electrons. The number of aryl methyl sites for hydroxylation is 1. The lowest BCUT2D eigenvalue weighted by atomic mass is 10.1. The molecule has 0 amide bonds. The summed E-state index contributed by atoms with van der Waals surface area (Å²) in [5.74, 6) is 1.16. The van der Waals surface area contributed by atoms with Crippen LogP contribution in [0.15, 0.2) is 58.1 Å². The van der Waals surface area contributed by atoms with Crippen molar-refractivity contribution in [3.63, 3.8) is 0 Å². The first-order valence-electron chi connectivity index (χ1n) is 13.6. The molecule has 11 heteroatoms. The molecule has 0 saturated carbocycles. The van der Waals surface area contributed by atoms with E-state index in [2.05, 4.69) is 9.97 Å². The first kappa shape index (κ1) is 27.5. The first-order chi connectivity index (χ1) is 19.2. The van der Waals surface area contributed by atoms with Gasteiger partial charge in [0.15, 0.2) is 5.65 Å². The van der Waals surface area contributed by atoms with Crippen LogP contribution in [0.4, 0.5) is 18.9 Å². The van der Waals surface area contributed by atoms with Crippen molar-refractivity contribution in [1.29, 1.82) is 0 Å². The Morgan fingerprint density at radius 1 is 0.975 bits per heavy atom. The second-order valence-electron chi connectivity index (χ2n) is 10.1. The highest BCUT2D eigenvalue weighted by Gasteiger charge is 2.31. The summed E-state index contributed by atoms with van der Waals surface area (Å²) in [6.07, 6.45) is -1.66. The van der Waals surface area contributed by atoms with Crippen molar-refractivity contribution in [1.82, 2.24) is 19.1 Å². The number of halogens is 3. The number of benzene rings is 2. The normalized spacial score (nSPS) is 14.7. The van der Waals surface area contributed by atoms with Gasteiger partial charge in [-0.25, -0.2) is 9.78 Å². The van der Waals surface area contributed by atoms with Crippen molar-refractivity contribution >= 4 is 16.9 Å². The van der Waals surface area contributed by atoms with Crippen molar-refractivity contribution in [2.45, 2.75) is 64.9 Å². The van der Waals surface area contributed by atoms with Crippen LogP contribution in [0.2, 0.25) is 0 Å². The second-order valence-corrected chi connectivity index (χ2v) is 10.1. The van der Waals surface area contributed by atoms with Crippen molar-refractivity contribution in [3.05, 3.63) is 74.9 Å². The molecule has 1 saturated heterocycles. The van der Waals surface area contributed by atoms with E-state index in [1.54, 1.807) is 10.6 Å². The molecule has 2 aromatic carbocycles. The number of H-pyrrole nitrogens is 1. The standard InChI is InChI=1S/C29H32F3N5O3/c1-3-14-36-26-24(27(38)37(15-4-2)28(36)39)33-25(34-26)19-8-10-22(11-9-19)40-23-12-16-35(17-13-23)21-7-5-6-20(18-21)29(30,31)32/h5-11,18,23H,3-4,12-17H2,1-2H3,(H,33,34). The minimum absolute atomic E-state index is 0.0559. The van der Waals surface area contributed by atoms with Crippen molar-refractivity contribution in [2.75, 3.05) is 18.0 Å². The number of aromatic amines is 1. The van der Waals surface area contributed by atoms with Gasteiger partial charge in [-0.1, -0.05) is 19.9 Å². The van der Waals surface area contributed by atoms with Crippen LogP contribution >= 0.6 is 0 Å². The topological polar surface area (TPSA) is 85.2 Å². The third kappa shape index (κ3) is 5.50. The number of imidazole rings is 1. The first-order valence-corrected chi connectivity index (χ1v) is 13.6. The van der Waals surface area contributed by atoms with Gasteiger partial charge in [-0.3, -0.25) is 13.9 Å². The largest absolute Gasteiger partial charge is 0.490 e. The van der Waals surface area contributed by atoms with Gasteiger partial charge in [0, 0.05) is 50.3 Å². The number of hydrogen-bond donors (Lipinski definition) is 1. The summed E-state index contributed by atoms with van der Waals surface area (Å²) in [4.78, 5) is 35.6. The molecular weight excluding hydrogens is 523 g/mol. The monoisotopic (exact) mass is 555 g/mol. The SMILES string of the molecule is CCCn1c(=O)c2[nH]c(-c3ccc(OC4CCN(c5cccc(C(F)(F)F)c5)CC4)cc3)nc2n(CCC)c1=O. The lowest BCUT2D eigenvalue weighted by molar-refractivity contribution is -0.137. The molecule has 0 radical (unpaired) electrons. The summed E-state index contributed by atoms with van der Waals surface area (Å²) in [6.45, 7) is 5.88. The molecule has 1 N–H and O–H groups in total. The number of aromatic nitrogens is 4. The summed E-state index contributed by atoms with van der Waals surface area (Å²) in [5, 5.41) is 0. The predicted molar refractivity (Wildman–Crippen MR) is 148 cm³/mol. The Labute approximate surface area is 229 Å². The molecule has 3 heterocycles. The van der Waals surface area contributed by atoms with E-state index in [4.69, 9.17) is 4.74 Å². The van der Waals surface area contributed by atoms with Crippen LogP contribution in [0.25, 0.3) is 22.6 Å². The number of alkyl halides is 3. The number of fused-ring (bicyclic) bond motifs is 1. The van der Waals surface area contributed by atoms with Gasteiger partial charge in [0.05, 0.1) is 5.56 Å². The maximum absolute atomic E-state index is 13.1. The zero-order valence-electron chi connectivity index (χ0n) is 22.5. The van der Waals surface area contributed by atoms with E-state index >= 15 is 0 Å². The lowest BCUT2D eigenvalue weighted by Gasteiger charge is -2.34. The van der Waals surface area contributed by atoms with Crippen LogP contribution in [0, 0.1) is 0 Å². The van der Waals surface area contributed by atoms with E-state index in [1.165, 1.54) is 16.7 Å². The third-order valence-electron chi connectivity index (χ3n) is 7.17. The molecule has 0 bridgehead atoms. The highest BCUT2D eigenvalue weighted by Crippen LogP contribution is 2.33. The Kier molecular flexibility index (Phi) is 7.73. The van der Waals surface area contributed by atoms with Crippen LogP contribution in [-0.2, 0) is 19.3 Å². The molecule has 1 aliphatic rings. The average Bonchev–Trinajstić information content (AvgIpc) is 3.39. The second kappa shape index (κ2) is 11.2. The van der Waals surface area contributed by atoms with Gasteiger partial charge in [-0.05, 0) is 55.3 Å². The zero-order valence-corrected chi connectivity index (χ0v) is 22.5. The van der Waals surface area contributed by atoms with E-state index in [0.717, 1.165) is 18.1 Å². The van der Waals surface area contributed by atoms with Crippen LogP contribution in [0.5, 0.6) is 5.75 Å². The Morgan fingerprint density at radius 2 is 1.65 bits per heavy atom. The molecule has 0 spiro atoms. The average molecular weight is 556 g/mol. The highest BCUT2D eigenvalue weighted by molar-refractivity contribution is 5.75. The summed E-state index contributed by atoms with van der Waals surface area (Å²) in [5.41, 5.74) is 0.616. The molecule has 5 rings (SSSR count). The fourth-order valence-electron chi connectivity index (χ4n) is 5.14. The molecular formula is C29H32F3N5O3. The Hall–Kier alpha value is -4.02. The highest BCUT2D eigenvalue weighted by atomic mass is 19.4. The molecule has 40 heavy (non-hydrogen) atoms. The molecule has 0 aliphatic carbocycles. The molecule has 1 aliphatic heterocycles. The summed E-state index contributed by atoms with van der Waals surface area (Å²) < 4.78 is 48.2. The number of nitrogens with one attached hydrogen (secondary N) is 1. The molecule has 0 atom stereocenters. The summed E-state index contributed by atoms with van der Waals surface area (Å²) >= 11 is 0. The van der Waals surface area contributed by atoms with Gasteiger partial charge in [-0.15, -0.1) is 0 Å². The van der Waals surface area contributed by atoms with Crippen LogP contribution in [0.1, 0.15) is 45.1 Å². The number of ether oxygens (including phenoxy) is 1. The van der Waals surface area contributed by atoms with E-state index < -0.39 is 11.7 Å². The quantitative estimate of drug-likeness (QED) is 0.313. The molecule has 2 aromatic heterocycles. The molecule has 4 aromatic rings. The van der Waals surface area contributed by atoms with Crippen molar-refractivity contribution in [2.24, 2.45) is 0 Å². The van der Waals surface area contributed by atoms with Gasteiger partial charge in [-0.2, -0.15) is 13.2 Å². The van der Waals surface area contributed by atoms with E-state index in [0.29, 0.717) is 73.9 Å². The number of piperidine rings is 1. The minimum atomic E-state index is -4.37. The van der Waals surface area contributed by atoms with Gasteiger partial charge < -0.3 is 14.6 Å². The smallest absolute Gasteiger partial charge is 0.416 e. The van der Waals surface area contributed by atoms with Crippen molar-refractivity contribution in [3.8, 4) is 17.1 Å². The van der Waals surface area contributed by atoms with E-state index in [1.807, 2.05) is 43.0 Å². The molecule has 8 nitrogen and oxygen atoms in total.